The summed E-state index contributed by atoms with van der Waals surface area (Å²) >= 11 is 6.12. The van der Waals surface area contributed by atoms with E-state index in [1.807, 2.05) is 0 Å². The quantitative estimate of drug-likeness (QED) is 0.377. The lowest BCUT2D eigenvalue weighted by molar-refractivity contribution is 0.150. The van der Waals surface area contributed by atoms with Gasteiger partial charge in [-0.05, 0) is 12.1 Å². The monoisotopic (exact) mass is 434 g/mol. The lowest BCUT2D eigenvalue weighted by Gasteiger charge is -2.36. The van der Waals surface area contributed by atoms with Gasteiger partial charge in [0.1, 0.15) is 15.7 Å². The summed E-state index contributed by atoms with van der Waals surface area (Å²) in [5.41, 5.74) is 0.534. The van der Waals surface area contributed by atoms with Gasteiger partial charge in [-0.15, -0.1) is 0 Å². The summed E-state index contributed by atoms with van der Waals surface area (Å²) in [4.78, 5) is 8.59. The molecule has 0 radical (unpaired) electrons. The Morgan fingerprint density at radius 2 is 2.00 bits per heavy atom. The fourth-order valence-electron chi connectivity index (χ4n) is 2.90. The molecule has 1 heterocycles. The third kappa shape index (κ3) is 7.54. The summed E-state index contributed by atoms with van der Waals surface area (Å²) in [6, 6.07) is 4.75. The third-order valence-corrected chi connectivity index (χ3v) is 5.72. The van der Waals surface area contributed by atoms with Crippen molar-refractivity contribution in [3.8, 4) is 0 Å². The van der Waals surface area contributed by atoms with E-state index in [0.717, 1.165) is 32.1 Å². The smallest absolute Gasteiger partial charge is 0.193 e. The van der Waals surface area contributed by atoms with E-state index in [-0.39, 0.29) is 18.2 Å². The highest BCUT2D eigenvalue weighted by Gasteiger charge is 2.21. The van der Waals surface area contributed by atoms with Crippen molar-refractivity contribution in [3.05, 3.63) is 34.6 Å². The molecule has 28 heavy (non-hydrogen) atoms. The Morgan fingerprint density at radius 3 is 2.61 bits per heavy atom. The van der Waals surface area contributed by atoms with Gasteiger partial charge >= 0.3 is 0 Å². The molecule has 1 aromatic rings. The fraction of sp³-hybridized carbons (Fsp3) is 0.611. The van der Waals surface area contributed by atoms with Crippen LogP contribution in [0, 0.1) is 5.82 Å². The van der Waals surface area contributed by atoms with Crippen LogP contribution in [0.15, 0.2) is 23.2 Å². The molecule has 2 rings (SSSR count). The Bertz CT molecular complexity index is 748. The molecule has 1 N–H and O–H groups in total. The van der Waals surface area contributed by atoms with E-state index < -0.39 is 9.84 Å². The number of guanidine groups is 1. The van der Waals surface area contributed by atoms with Crippen molar-refractivity contribution < 1.29 is 17.5 Å². The van der Waals surface area contributed by atoms with Gasteiger partial charge in [0, 0.05) is 63.2 Å². The van der Waals surface area contributed by atoms with Gasteiger partial charge in [0.25, 0.3) is 0 Å². The summed E-state index contributed by atoms with van der Waals surface area (Å²) in [6.07, 6.45) is 1.19. The predicted octanol–water partition coefficient (Wildman–Crippen LogP) is 1.23. The van der Waals surface area contributed by atoms with Gasteiger partial charge < -0.3 is 15.0 Å². The topological polar surface area (TPSA) is 74.2 Å². The molecule has 158 valence electrons. The molecule has 1 aliphatic rings. The van der Waals surface area contributed by atoms with Gasteiger partial charge in [0.05, 0.1) is 19.0 Å². The molecule has 1 aliphatic heterocycles. The van der Waals surface area contributed by atoms with E-state index in [2.05, 4.69) is 20.1 Å². The van der Waals surface area contributed by atoms with Crippen molar-refractivity contribution in [1.29, 1.82) is 0 Å². The zero-order valence-corrected chi connectivity index (χ0v) is 17.9. The summed E-state index contributed by atoms with van der Waals surface area (Å²) in [7, 11) is -1.28. The molecular weight excluding hydrogens is 407 g/mol. The van der Waals surface area contributed by atoms with Gasteiger partial charge in [0.15, 0.2) is 5.96 Å². The first kappa shape index (κ1) is 22.9. The largest absolute Gasteiger partial charge is 0.379 e. The molecule has 1 aromatic carbocycles. The highest BCUT2D eigenvalue weighted by atomic mass is 35.5. The zero-order chi connectivity index (χ0) is 20.6. The van der Waals surface area contributed by atoms with Gasteiger partial charge in [-0.1, -0.05) is 17.7 Å². The first-order valence-corrected chi connectivity index (χ1v) is 11.6. The second-order valence-electron chi connectivity index (χ2n) is 6.68. The van der Waals surface area contributed by atoms with Crippen molar-refractivity contribution in [1.82, 2.24) is 15.1 Å². The van der Waals surface area contributed by atoms with Crippen LogP contribution < -0.4 is 5.32 Å². The van der Waals surface area contributed by atoms with E-state index in [1.165, 1.54) is 12.3 Å². The van der Waals surface area contributed by atoms with Crippen LogP contribution in [-0.2, 0) is 21.1 Å². The molecule has 1 saturated heterocycles. The van der Waals surface area contributed by atoms with Crippen molar-refractivity contribution in [2.75, 3.05) is 65.0 Å². The highest BCUT2D eigenvalue weighted by Crippen LogP contribution is 2.21. The SMILES string of the molecule is CN=C(NCCOCCS(C)(=O)=O)N1CCN(Cc2c(F)cccc2Cl)CC1. The van der Waals surface area contributed by atoms with Crippen molar-refractivity contribution in [2.24, 2.45) is 4.99 Å². The molecule has 0 atom stereocenters. The van der Waals surface area contributed by atoms with Crippen molar-refractivity contribution >= 4 is 27.4 Å². The minimum Gasteiger partial charge on any atom is -0.379 e. The molecule has 0 bridgehead atoms. The minimum absolute atomic E-state index is 0.0235. The predicted molar refractivity (Wildman–Crippen MR) is 110 cm³/mol. The maximum atomic E-state index is 14.0. The lowest BCUT2D eigenvalue weighted by Crippen LogP contribution is -2.52. The number of hydrogen-bond acceptors (Lipinski definition) is 5. The Kier molecular flexibility index (Phi) is 8.94. The number of aliphatic imine (C=N–C) groups is 1. The van der Waals surface area contributed by atoms with E-state index in [4.69, 9.17) is 16.3 Å². The second-order valence-corrected chi connectivity index (χ2v) is 9.35. The Labute approximate surface area is 171 Å². The number of piperazine rings is 1. The zero-order valence-electron chi connectivity index (χ0n) is 16.3. The van der Waals surface area contributed by atoms with Crippen LogP contribution >= 0.6 is 11.6 Å². The van der Waals surface area contributed by atoms with Gasteiger partial charge in [-0.3, -0.25) is 9.89 Å². The number of nitrogens with zero attached hydrogens (tertiary/aromatic N) is 3. The van der Waals surface area contributed by atoms with E-state index in [9.17, 15) is 12.8 Å². The van der Waals surface area contributed by atoms with Gasteiger partial charge in [-0.2, -0.15) is 0 Å². The molecule has 7 nitrogen and oxygen atoms in total. The Hall–Kier alpha value is -1.42. The highest BCUT2D eigenvalue weighted by molar-refractivity contribution is 7.90. The third-order valence-electron chi connectivity index (χ3n) is 4.46. The average Bonchev–Trinajstić information content (AvgIpc) is 2.64. The van der Waals surface area contributed by atoms with Crippen LogP contribution in [0.1, 0.15) is 5.56 Å². The normalized spacial score (nSPS) is 16.4. The van der Waals surface area contributed by atoms with E-state index in [0.29, 0.717) is 30.3 Å². The molecule has 0 unspecified atom stereocenters. The molecular formula is C18H28ClFN4O3S. The van der Waals surface area contributed by atoms with Crippen molar-refractivity contribution in [3.63, 3.8) is 0 Å². The molecule has 10 heteroatoms. The lowest BCUT2D eigenvalue weighted by atomic mass is 10.2. The molecule has 1 fully saturated rings. The standard InChI is InChI=1S/C18H28ClFN4O3S/c1-21-18(22-6-11-27-12-13-28(2,25)26)24-9-7-23(8-10-24)14-15-16(19)4-3-5-17(15)20/h3-5H,6-14H2,1-2H3,(H,21,22). The number of halogens is 2. The summed E-state index contributed by atoms with van der Waals surface area (Å²) in [5, 5.41) is 3.68. The van der Waals surface area contributed by atoms with Crippen LogP contribution in [-0.4, -0.2) is 89.2 Å². The van der Waals surface area contributed by atoms with Crippen LogP contribution in [0.2, 0.25) is 5.02 Å². The molecule has 0 amide bonds. The summed E-state index contributed by atoms with van der Waals surface area (Å²) < 4.78 is 41.4. The Balaban J connectivity index is 1.72. The van der Waals surface area contributed by atoms with Gasteiger partial charge in [-0.25, -0.2) is 12.8 Å². The second kappa shape index (κ2) is 10.9. The summed E-state index contributed by atoms with van der Waals surface area (Å²) in [6.45, 7) is 4.70. The van der Waals surface area contributed by atoms with Crippen LogP contribution in [0.4, 0.5) is 4.39 Å². The maximum absolute atomic E-state index is 14.0. The number of ether oxygens (including phenoxy) is 1. The first-order valence-electron chi connectivity index (χ1n) is 9.16. The fourth-order valence-corrected chi connectivity index (χ4v) is 3.55. The maximum Gasteiger partial charge on any atom is 0.193 e. The first-order chi connectivity index (χ1) is 13.3. The number of nitrogens with one attached hydrogen (secondary N) is 1. The molecule has 0 spiro atoms. The number of sulfone groups is 1. The van der Waals surface area contributed by atoms with E-state index >= 15 is 0 Å². The number of rotatable bonds is 8. The Morgan fingerprint density at radius 1 is 1.29 bits per heavy atom. The molecule has 0 aromatic heterocycles. The van der Waals surface area contributed by atoms with Crippen LogP contribution in [0.3, 0.4) is 0 Å². The van der Waals surface area contributed by atoms with Crippen molar-refractivity contribution in [2.45, 2.75) is 6.54 Å². The van der Waals surface area contributed by atoms with Crippen LogP contribution in [0.5, 0.6) is 0 Å². The van der Waals surface area contributed by atoms with Gasteiger partial charge in [0.2, 0.25) is 0 Å². The van der Waals surface area contributed by atoms with E-state index in [1.54, 1.807) is 19.2 Å². The molecule has 0 saturated carbocycles. The van der Waals surface area contributed by atoms with Crippen LogP contribution in [0.25, 0.3) is 0 Å². The number of benzene rings is 1. The average molecular weight is 435 g/mol. The minimum atomic E-state index is -3.00. The summed E-state index contributed by atoms with van der Waals surface area (Å²) in [5.74, 6) is 0.522. The molecule has 0 aliphatic carbocycles. The number of hydrogen-bond donors (Lipinski definition) is 1.